The lowest BCUT2D eigenvalue weighted by Gasteiger charge is -2.27. The summed E-state index contributed by atoms with van der Waals surface area (Å²) in [5, 5.41) is 26.9. The Labute approximate surface area is 162 Å². The molecule has 0 aromatic heterocycles. The van der Waals surface area contributed by atoms with Crippen LogP contribution in [0.5, 0.6) is 0 Å². The van der Waals surface area contributed by atoms with E-state index in [0.29, 0.717) is 11.1 Å². The van der Waals surface area contributed by atoms with Gasteiger partial charge in [-0.2, -0.15) is 5.10 Å². The number of aliphatic hydroxyl groups is 1. The Kier molecular flexibility index (Phi) is 7.00. The molecule has 2 rings (SSSR count). The number of esters is 1. The molecule has 0 aliphatic carbocycles. The van der Waals surface area contributed by atoms with E-state index in [2.05, 4.69) is 15.7 Å². The van der Waals surface area contributed by atoms with Gasteiger partial charge in [0.1, 0.15) is 0 Å². The van der Waals surface area contributed by atoms with Gasteiger partial charge in [-0.25, -0.2) is 10.2 Å². The summed E-state index contributed by atoms with van der Waals surface area (Å²) in [6.45, 7) is 3.04. The minimum absolute atomic E-state index is 0.0826. The number of hydrazone groups is 1. The highest BCUT2D eigenvalue weighted by atomic mass is 16.5. The number of hydrogen-bond acceptors (Lipinski definition) is 7. The molecule has 3 N–H and O–H groups in total. The smallest absolute Gasteiger partial charge is 0.362 e. The predicted octanol–water partition coefficient (Wildman–Crippen LogP) is 1.81. The highest BCUT2D eigenvalue weighted by Gasteiger charge is 2.40. The van der Waals surface area contributed by atoms with Gasteiger partial charge in [-0.3, -0.25) is 4.79 Å². The van der Waals surface area contributed by atoms with E-state index in [-0.39, 0.29) is 12.3 Å². The second-order valence-electron chi connectivity index (χ2n) is 5.75. The van der Waals surface area contributed by atoms with Crippen LogP contribution in [0.1, 0.15) is 25.0 Å². The Morgan fingerprint density at radius 2 is 1.54 bits per heavy atom. The first-order valence-electron chi connectivity index (χ1n) is 8.52. The van der Waals surface area contributed by atoms with Crippen molar-refractivity contribution in [1.29, 1.82) is 0 Å². The van der Waals surface area contributed by atoms with Crippen LogP contribution in [0.3, 0.4) is 0 Å². The van der Waals surface area contributed by atoms with Crippen LogP contribution in [0.25, 0.3) is 0 Å². The standard InChI is InChI=1S/C20H21N3O5/c1-3-28-18(24)17(23-27)14(2)21-22-19(25)20(26,15-10-6-4-7-11-15)16-12-8-5-9-13-16/h4-13,26-27H,3H2,1-2H3,(H,22,25). The summed E-state index contributed by atoms with van der Waals surface area (Å²) >= 11 is 0. The van der Waals surface area contributed by atoms with Crippen molar-refractivity contribution in [3.8, 4) is 0 Å². The maximum absolute atomic E-state index is 12.9. The number of ether oxygens (including phenoxy) is 1. The number of nitrogens with zero attached hydrogens (tertiary/aromatic N) is 2. The second kappa shape index (κ2) is 9.43. The van der Waals surface area contributed by atoms with Gasteiger partial charge in [-0.15, -0.1) is 0 Å². The van der Waals surface area contributed by atoms with Crippen molar-refractivity contribution < 1.29 is 24.6 Å². The Bertz CT molecular complexity index is 840. The zero-order chi connectivity index (χ0) is 20.6. The fraction of sp³-hybridized carbons (Fsp3) is 0.200. The third-order valence-electron chi connectivity index (χ3n) is 3.95. The van der Waals surface area contributed by atoms with Gasteiger partial charge < -0.3 is 15.1 Å². The number of benzene rings is 2. The van der Waals surface area contributed by atoms with Gasteiger partial charge in [0, 0.05) is 0 Å². The molecule has 0 unspecified atom stereocenters. The first kappa shape index (κ1) is 20.8. The number of amides is 1. The van der Waals surface area contributed by atoms with E-state index in [1.165, 1.54) is 6.92 Å². The van der Waals surface area contributed by atoms with Gasteiger partial charge in [0.2, 0.25) is 5.71 Å². The van der Waals surface area contributed by atoms with Gasteiger partial charge in [-0.05, 0) is 25.0 Å². The monoisotopic (exact) mass is 383 g/mol. The molecule has 0 aliphatic heterocycles. The topological polar surface area (TPSA) is 121 Å². The van der Waals surface area contributed by atoms with Crippen molar-refractivity contribution in [1.82, 2.24) is 5.43 Å². The number of nitrogens with one attached hydrogen (secondary N) is 1. The van der Waals surface area contributed by atoms with Crippen LogP contribution in [-0.4, -0.2) is 40.2 Å². The molecule has 28 heavy (non-hydrogen) atoms. The lowest BCUT2D eigenvalue weighted by molar-refractivity contribution is -0.137. The molecule has 0 spiro atoms. The first-order chi connectivity index (χ1) is 13.4. The largest absolute Gasteiger partial charge is 0.461 e. The van der Waals surface area contributed by atoms with Crippen LogP contribution in [0.4, 0.5) is 0 Å². The van der Waals surface area contributed by atoms with E-state index in [1.807, 2.05) is 0 Å². The predicted molar refractivity (Wildman–Crippen MR) is 103 cm³/mol. The molecule has 0 atom stereocenters. The minimum Gasteiger partial charge on any atom is -0.461 e. The molecule has 0 radical (unpaired) electrons. The highest BCUT2D eigenvalue weighted by Crippen LogP contribution is 2.29. The van der Waals surface area contributed by atoms with E-state index in [1.54, 1.807) is 67.6 Å². The fourth-order valence-electron chi connectivity index (χ4n) is 2.52. The van der Waals surface area contributed by atoms with E-state index >= 15 is 0 Å². The number of hydrogen-bond donors (Lipinski definition) is 3. The summed E-state index contributed by atoms with van der Waals surface area (Å²) in [5.41, 5.74) is 0.352. The summed E-state index contributed by atoms with van der Waals surface area (Å²) in [6, 6.07) is 16.8. The van der Waals surface area contributed by atoms with Crippen LogP contribution in [0.15, 0.2) is 70.9 Å². The average Bonchev–Trinajstić information content (AvgIpc) is 2.73. The molecular weight excluding hydrogens is 362 g/mol. The van der Waals surface area contributed by atoms with Crippen molar-refractivity contribution >= 4 is 23.3 Å². The number of oxime groups is 1. The maximum atomic E-state index is 12.9. The first-order valence-corrected chi connectivity index (χ1v) is 8.52. The van der Waals surface area contributed by atoms with E-state index in [4.69, 9.17) is 9.94 Å². The molecule has 0 heterocycles. The van der Waals surface area contributed by atoms with Crippen molar-refractivity contribution in [2.45, 2.75) is 19.4 Å². The van der Waals surface area contributed by atoms with Crippen LogP contribution >= 0.6 is 0 Å². The summed E-state index contributed by atoms with van der Waals surface area (Å²) < 4.78 is 4.76. The number of carbonyl (C=O) groups excluding carboxylic acids is 2. The summed E-state index contributed by atoms with van der Waals surface area (Å²) in [6.07, 6.45) is 0. The molecule has 0 fully saturated rings. The summed E-state index contributed by atoms with van der Waals surface area (Å²) in [4.78, 5) is 24.6. The van der Waals surface area contributed by atoms with Crippen LogP contribution in [0, 0.1) is 0 Å². The summed E-state index contributed by atoms with van der Waals surface area (Å²) in [5.74, 6) is -1.73. The number of rotatable bonds is 7. The minimum atomic E-state index is -2.02. The second-order valence-corrected chi connectivity index (χ2v) is 5.75. The van der Waals surface area contributed by atoms with Crippen molar-refractivity contribution in [2.24, 2.45) is 10.3 Å². The fourth-order valence-corrected chi connectivity index (χ4v) is 2.52. The van der Waals surface area contributed by atoms with Gasteiger partial charge in [0.25, 0.3) is 5.91 Å². The quantitative estimate of drug-likeness (QED) is 0.291. The van der Waals surface area contributed by atoms with Gasteiger partial charge in [0.05, 0.1) is 12.3 Å². The lowest BCUT2D eigenvalue weighted by Crippen LogP contribution is -2.44. The van der Waals surface area contributed by atoms with Crippen molar-refractivity contribution in [3.63, 3.8) is 0 Å². The third-order valence-corrected chi connectivity index (χ3v) is 3.95. The zero-order valence-corrected chi connectivity index (χ0v) is 15.5. The van der Waals surface area contributed by atoms with E-state index < -0.39 is 23.2 Å². The van der Waals surface area contributed by atoms with Crippen LogP contribution in [0.2, 0.25) is 0 Å². The molecule has 0 saturated carbocycles. The Hall–Kier alpha value is -3.52. The molecule has 2 aromatic carbocycles. The number of carbonyl (C=O) groups is 2. The highest BCUT2D eigenvalue weighted by molar-refractivity contribution is 6.65. The van der Waals surface area contributed by atoms with Crippen molar-refractivity contribution in [3.05, 3.63) is 71.8 Å². The molecule has 0 bridgehead atoms. The SMILES string of the molecule is CCOC(=O)C(=NO)C(C)=NNC(=O)C(O)(c1ccccc1)c1ccccc1. The molecule has 146 valence electrons. The normalized spacial score (nSPS) is 12.4. The van der Waals surface area contributed by atoms with Gasteiger partial charge in [-0.1, -0.05) is 65.8 Å². The summed E-state index contributed by atoms with van der Waals surface area (Å²) in [7, 11) is 0. The Balaban J connectivity index is 2.36. The molecular formula is C20H21N3O5. The Morgan fingerprint density at radius 3 is 1.96 bits per heavy atom. The molecule has 2 aromatic rings. The molecule has 0 saturated heterocycles. The average molecular weight is 383 g/mol. The third kappa shape index (κ3) is 4.41. The zero-order valence-electron chi connectivity index (χ0n) is 15.5. The maximum Gasteiger partial charge on any atom is 0.362 e. The molecule has 1 amide bonds. The lowest BCUT2D eigenvalue weighted by atomic mass is 9.85. The van der Waals surface area contributed by atoms with Crippen LogP contribution < -0.4 is 5.43 Å². The van der Waals surface area contributed by atoms with Gasteiger partial charge in [0.15, 0.2) is 5.60 Å². The van der Waals surface area contributed by atoms with Crippen molar-refractivity contribution in [2.75, 3.05) is 6.61 Å². The molecule has 0 aliphatic rings. The molecule has 8 heteroatoms. The van der Waals surface area contributed by atoms with Crippen LogP contribution in [-0.2, 0) is 19.9 Å². The van der Waals surface area contributed by atoms with Gasteiger partial charge >= 0.3 is 5.97 Å². The molecule has 8 nitrogen and oxygen atoms in total. The Morgan fingerprint density at radius 1 is 1.04 bits per heavy atom. The van der Waals surface area contributed by atoms with E-state index in [0.717, 1.165) is 0 Å². The van der Waals surface area contributed by atoms with E-state index in [9.17, 15) is 14.7 Å².